The third kappa shape index (κ3) is 5.22. The van der Waals surface area contributed by atoms with E-state index in [4.69, 9.17) is 4.74 Å². The van der Waals surface area contributed by atoms with Crippen molar-refractivity contribution in [2.24, 2.45) is 0 Å². The number of halogens is 3. The summed E-state index contributed by atoms with van der Waals surface area (Å²) in [6, 6.07) is 22.6. The average Bonchev–Trinajstić information content (AvgIpc) is 3.63. The van der Waals surface area contributed by atoms with Gasteiger partial charge in [-0.15, -0.1) is 0 Å². The summed E-state index contributed by atoms with van der Waals surface area (Å²) in [5.41, 5.74) is 1.41. The molecule has 1 aliphatic rings. The number of nitrogens with zero attached hydrogens (tertiary/aromatic N) is 2. The molecule has 1 aliphatic carbocycles. The van der Waals surface area contributed by atoms with E-state index in [1.165, 1.54) is 0 Å². The van der Waals surface area contributed by atoms with Crippen molar-refractivity contribution >= 4 is 17.9 Å². The van der Waals surface area contributed by atoms with Crippen LogP contribution in [0.1, 0.15) is 42.6 Å². The minimum Gasteiger partial charge on any atom is -0.481 e. The molecule has 0 bridgehead atoms. The molecular weight excluding hydrogens is 511 g/mol. The molecule has 39 heavy (non-hydrogen) atoms. The van der Waals surface area contributed by atoms with Crippen LogP contribution in [-0.4, -0.2) is 26.9 Å². The first-order chi connectivity index (χ1) is 18.6. The van der Waals surface area contributed by atoms with Gasteiger partial charge in [0, 0.05) is 0 Å². The third-order valence-electron chi connectivity index (χ3n) is 6.89. The Hall–Kier alpha value is -4.60. The van der Waals surface area contributed by atoms with E-state index < -0.39 is 41.1 Å². The number of anilines is 1. The number of rotatable bonds is 7. The monoisotopic (exact) mass is 535 g/mol. The Morgan fingerprint density at radius 3 is 2.10 bits per heavy atom. The van der Waals surface area contributed by atoms with Crippen LogP contribution in [-0.2, 0) is 21.1 Å². The van der Waals surface area contributed by atoms with E-state index in [2.05, 4.69) is 10.4 Å². The van der Waals surface area contributed by atoms with E-state index in [9.17, 15) is 27.9 Å². The largest absolute Gasteiger partial charge is 0.481 e. The molecule has 1 atom stereocenters. The minimum absolute atomic E-state index is 0.292. The summed E-state index contributed by atoms with van der Waals surface area (Å²) in [7, 11) is 0. The van der Waals surface area contributed by atoms with Gasteiger partial charge in [0.05, 0.1) is 17.3 Å². The van der Waals surface area contributed by atoms with Gasteiger partial charge in [0.15, 0.2) is 5.82 Å². The minimum atomic E-state index is -4.76. The highest BCUT2D eigenvalue weighted by atomic mass is 19.4. The maximum Gasteiger partial charge on any atom is 0.421 e. The van der Waals surface area contributed by atoms with E-state index in [1.807, 2.05) is 12.1 Å². The molecule has 0 aliphatic heterocycles. The van der Waals surface area contributed by atoms with E-state index >= 15 is 0 Å². The third-order valence-corrected chi connectivity index (χ3v) is 6.89. The van der Waals surface area contributed by atoms with Crippen LogP contribution in [0.2, 0.25) is 0 Å². The van der Waals surface area contributed by atoms with Gasteiger partial charge in [0.1, 0.15) is 11.7 Å². The number of nitrogens with one attached hydrogen (secondary N) is 1. The fraction of sp³-hybridized carbons (Fsp3) is 0.207. The highest BCUT2D eigenvalue weighted by Crippen LogP contribution is 2.48. The Kier molecular flexibility index (Phi) is 6.63. The second-order valence-electron chi connectivity index (χ2n) is 9.41. The quantitative estimate of drug-likeness (QED) is 0.266. The van der Waals surface area contributed by atoms with Crippen molar-refractivity contribution in [1.29, 1.82) is 0 Å². The van der Waals surface area contributed by atoms with Crippen LogP contribution < -0.4 is 5.32 Å². The molecule has 1 aromatic heterocycles. The Morgan fingerprint density at radius 2 is 1.56 bits per heavy atom. The Balaban J connectivity index is 1.37. The molecule has 5 rings (SSSR count). The maximum absolute atomic E-state index is 13.7. The molecular formula is C29H24F3N3O4. The van der Waals surface area contributed by atoms with Gasteiger partial charge < -0.3 is 9.84 Å². The molecule has 0 saturated heterocycles. The number of benzene rings is 3. The molecule has 1 heterocycles. The lowest BCUT2D eigenvalue weighted by Crippen LogP contribution is -2.20. The van der Waals surface area contributed by atoms with Gasteiger partial charge in [0.2, 0.25) is 0 Å². The topological polar surface area (TPSA) is 93.5 Å². The summed E-state index contributed by atoms with van der Waals surface area (Å²) in [6.45, 7) is 1.62. The molecule has 0 spiro atoms. The zero-order chi connectivity index (χ0) is 27.8. The number of hydrogen-bond donors (Lipinski definition) is 2. The Bertz CT molecular complexity index is 1490. The summed E-state index contributed by atoms with van der Waals surface area (Å²) >= 11 is 0. The number of ether oxygens (including phenoxy) is 1. The van der Waals surface area contributed by atoms with Crippen LogP contribution >= 0.6 is 0 Å². The molecule has 4 aromatic rings. The number of aromatic nitrogens is 2. The molecule has 1 amide bonds. The van der Waals surface area contributed by atoms with E-state index in [1.54, 1.807) is 73.7 Å². The summed E-state index contributed by atoms with van der Waals surface area (Å²) < 4.78 is 47.5. The molecule has 0 radical (unpaired) electrons. The van der Waals surface area contributed by atoms with Crippen LogP contribution in [0.25, 0.3) is 16.8 Å². The van der Waals surface area contributed by atoms with E-state index in [0.717, 1.165) is 21.4 Å². The van der Waals surface area contributed by atoms with Crippen molar-refractivity contribution in [2.45, 2.75) is 37.5 Å². The van der Waals surface area contributed by atoms with Crippen LogP contribution in [0, 0.1) is 0 Å². The van der Waals surface area contributed by atoms with Crippen molar-refractivity contribution in [1.82, 2.24) is 9.78 Å². The zero-order valence-corrected chi connectivity index (χ0v) is 20.8. The fourth-order valence-electron chi connectivity index (χ4n) is 4.48. The van der Waals surface area contributed by atoms with Gasteiger partial charge in [-0.2, -0.15) is 18.3 Å². The first-order valence-electron chi connectivity index (χ1n) is 12.2. The smallest absolute Gasteiger partial charge is 0.421 e. The lowest BCUT2D eigenvalue weighted by atomic mass is 9.94. The Morgan fingerprint density at radius 1 is 0.974 bits per heavy atom. The van der Waals surface area contributed by atoms with Crippen LogP contribution in [0.15, 0.2) is 85.1 Å². The number of hydrogen-bond acceptors (Lipinski definition) is 4. The molecule has 1 saturated carbocycles. The first-order valence-corrected chi connectivity index (χ1v) is 12.2. The highest BCUT2D eigenvalue weighted by molar-refractivity contribution is 5.86. The number of alkyl halides is 3. The number of carboxylic acids is 1. The normalized spacial score (nSPS) is 14.9. The van der Waals surface area contributed by atoms with Crippen LogP contribution in [0.5, 0.6) is 0 Å². The van der Waals surface area contributed by atoms with E-state index in [0.29, 0.717) is 30.3 Å². The molecule has 200 valence electrons. The van der Waals surface area contributed by atoms with Crippen molar-refractivity contribution in [2.75, 3.05) is 5.32 Å². The summed E-state index contributed by atoms with van der Waals surface area (Å²) in [5, 5.41) is 15.6. The number of aliphatic carboxylic acids is 1. The van der Waals surface area contributed by atoms with Gasteiger partial charge in [-0.05, 0) is 54.2 Å². The zero-order valence-electron chi connectivity index (χ0n) is 20.8. The lowest BCUT2D eigenvalue weighted by Gasteiger charge is -2.16. The standard InChI is InChI=1S/C29H24F3N3O4/c1-18(19-5-3-2-4-6-19)39-27(38)34-25-24(29(30,31)32)17-33-35(25)23-13-9-21(10-14-23)20-7-11-22(12-8-20)28(15-16-28)26(36)37/h2-14,17-18H,15-16H2,1H3,(H,34,38)(H,36,37)/t18-/m1/s1. The van der Waals surface area contributed by atoms with Gasteiger partial charge in [0.25, 0.3) is 0 Å². The maximum atomic E-state index is 13.7. The molecule has 0 unspecified atom stereocenters. The number of carbonyl (C=O) groups is 2. The Labute approximate surface area is 221 Å². The number of carbonyl (C=O) groups excluding carboxylic acids is 1. The van der Waals surface area contributed by atoms with Gasteiger partial charge in [-0.1, -0.05) is 66.7 Å². The molecule has 10 heteroatoms. The summed E-state index contributed by atoms with van der Waals surface area (Å²) in [4.78, 5) is 24.1. The van der Waals surface area contributed by atoms with E-state index in [-0.39, 0.29) is 0 Å². The van der Waals surface area contributed by atoms with Crippen molar-refractivity contribution in [3.8, 4) is 16.8 Å². The number of amides is 1. The van der Waals surface area contributed by atoms with Gasteiger partial charge in [-0.3, -0.25) is 10.1 Å². The van der Waals surface area contributed by atoms with Crippen LogP contribution in [0.3, 0.4) is 0 Å². The predicted molar refractivity (Wildman–Crippen MR) is 138 cm³/mol. The van der Waals surface area contributed by atoms with Gasteiger partial charge >= 0.3 is 18.2 Å². The molecule has 7 nitrogen and oxygen atoms in total. The SMILES string of the molecule is C[C@@H](OC(=O)Nc1c(C(F)(F)F)cnn1-c1ccc(-c2ccc(C3(C(=O)O)CC3)cc2)cc1)c1ccccc1. The second kappa shape index (κ2) is 9.94. The van der Waals surface area contributed by atoms with Crippen molar-refractivity contribution in [3.05, 3.63) is 102 Å². The first kappa shape index (κ1) is 26.0. The van der Waals surface area contributed by atoms with Gasteiger partial charge in [-0.25, -0.2) is 9.48 Å². The predicted octanol–water partition coefficient (Wildman–Crippen LogP) is 6.98. The molecule has 1 fully saturated rings. The van der Waals surface area contributed by atoms with Crippen LogP contribution in [0.4, 0.5) is 23.8 Å². The second-order valence-corrected chi connectivity index (χ2v) is 9.41. The van der Waals surface area contributed by atoms with Crippen molar-refractivity contribution in [3.63, 3.8) is 0 Å². The summed E-state index contributed by atoms with van der Waals surface area (Å²) in [5.74, 6) is -1.40. The lowest BCUT2D eigenvalue weighted by molar-refractivity contribution is -0.140. The average molecular weight is 536 g/mol. The summed E-state index contributed by atoms with van der Waals surface area (Å²) in [6.07, 6.45) is -4.63. The molecule has 2 N–H and O–H groups in total. The number of carboxylic acid groups (broad SMARTS) is 1. The van der Waals surface area contributed by atoms with Crippen molar-refractivity contribution < 1.29 is 32.6 Å². The molecule has 3 aromatic carbocycles. The highest BCUT2D eigenvalue weighted by Gasteiger charge is 2.51. The fourth-order valence-corrected chi connectivity index (χ4v) is 4.48.